The van der Waals surface area contributed by atoms with Gasteiger partial charge in [0.15, 0.2) is 0 Å². The number of amides is 2. The Morgan fingerprint density at radius 2 is 1.23 bits per heavy atom. The fraction of sp³-hybridized carbons (Fsp3) is 0.244. The maximum atomic E-state index is 13.7. The van der Waals surface area contributed by atoms with Gasteiger partial charge in [-0.2, -0.15) is 0 Å². The van der Waals surface area contributed by atoms with Crippen LogP contribution in [0.2, 0.25) is 0 Å². The van der Waals surface area contributed by atoms with E-state index in [1.54, 1.807) is 4.90 Å². The molecule has 0 radical (unpaired) electrons. The maximum absolute atomic E-state index is 13.7. The zero-order valence-electron chi connectivity index (χ0n) is 27.5. The summed E-state index contributed by atoms with van der Waals surface area (Å²) in [5, 5.41) is 5.26. The van der Waals surface area contributed by atoms with Crippen molar-refractivity contribution < 1.29 is 23.9 Å². The van der Waals surface area contributed by atoms with Crippen LogP contribution < -0.4 is 5.32 Å². The standard InChI is InChI=1S/C41H42N2O5/c1-30(2)27-43(24-23-39(44)47-28-32-11-5-3-6-12-32)41(46)42-38(40(45)48-29-33-13-7-4-8-14-33)25-31-17-19-35(20-18-31)37-22-21-34-15-9-10-16-36(34)26-37/h3-22,26,30,38H,23-25,27-29H2,1-2H3,(H,42,46)/t38-/m0/s1. The summed E-state index contributed by atoms with van der Waals surface area (Å²) in [4.78, 5) is 41.2. The Hall–Kier alpha value is -5.43. The SMILES string of the molecule is CC(C)CN(CCC(=O)OCc1ccccc1)C(=O)N[C@@H](Cc1ccc(-c2ccc3ccccc3c2)cc1)C(=O)OCc1ccccc1. The number of ether oxygens (including phenoxy) is 2. The molecule has 1 N–H and O–H groups in total. The maximum Gasteiger partial charge on any atom is 0.329 e. The van der Waals surface area contributed by atoms with Crippen LogP contribution in [0.15, 0.2) is 127 Å². The summed E-state index contributed by atoms with van der Waals surface area (Å²) in [7, 11) is 0. The predicted octanol–water partition coefficient (Wildman–Crippen LogP) is 7.96. The van der Waals surface area contributed by atoms with E-state index in [-0.39, 0.29) is 38.5 Å². The van der Waals surface area contributed by atoms with Gasteiger partial charge in [-0.25, -0.2) is 9.59 Å². The molecule has 7 nitrogen and oxygen atoms in total. The predicted molar refractivity (Wildman–Crippen MR) is 189 cm³/mol. The Morgan fingerprint density at radius 1 is 0.646 bits per heavy atom. The van der Waals surface area contributed by atoms with Crippen molar-refractivity contribution in [3.8, 4) is 11.1 Å². The molecule has 0 saturated heterocycles. The first kappa shape index (κ1) is 33.9. The van der Waals surface area contributed by atoms with E-state index in [2.05, 4.69) is 35.6 Å². The molecule has 1 atom stereocenters. The minimum absolute atomic E-state index is 0.0341. The molecule has 0 saturated carbocycles. The van der Waals surface area contributed by atoms with Gasteiger partial charge in [0.2, 0.25) is 0 Å². The first-order valence-corrected chi connectivity index (χ1v) is 16.4. The number of benzene rings is 5. The van der Waals surface area contributed by atoms with Crippen molar-refractivity contribution >= 4 is 28.7 Å². The molecule has 0 fully saturated rings. The van der Waals surface area contributed by atoms with Gasteiger partial charge in [-0.05, 0) is 50.6 Å². The summed E-state index contributed by atoms with van der Waals surface area (Å²) < 4.78 is 11.1. The lowest BCUT2D eigenvalue weighted by atomic mass is 9.98. The molecule has 0 aliphatic heterocycles. The number of nitrogens with zero attached hydrogens (tertiary/aromatic N) is 1. The van der Waals surface area contributed by atoms with Gasteiger partial charge in [0, 0.05) is 19.5 Å². The van der Waals surface area contributed by atoms with E-state index in [0.29, 0.717) is 6.54 Å². The summed E-state index contributed by atoms with van der Waals surface area (Å²) in [6.07, 6.45) is 0.276. The van der Waals surface area contributed by atoms with E-state index in [0.717, 1.165) is 27.8 Å². The summed E-state index contributed by atoms with van der Waals surface area (Å²) in [5.74, 6) is -0.787. The molecule has 5 rings (SSSR count). The zero-order valence-corrected chi connectivity index (χ0v) is 27.5. The van der Waals surface area contributed by atoms with Crippen LogP contribution in [0.3, 0.4) is 0 Å². The third-order valence-corrected chi connectivity index (χ3v) is 7.98. The van der Waals surface area contributed by atoms with Crippen LogP contribution in [0.1, 0.15) is 37.0 Å². The van der Waals surface area contributed by atoms with E-state index in [1.165, 1.54) is 10.8 Å². The highest BCUT2D eigenvalue weighted by Gasteiger charge is 2.26. The molecule has 7 heteroatoms. The second-order valence-corrected chi connectivity index (χ2v) is 12.3. The molecule has 0 aliphatic rings. The number of hydrogen-bond acceptors (Lipinski definition) is 5. The van der Waals surface area contributed by atoms with Crippen molar-refractivity contribution in [1.82, 2.24) is 10.2 Å². The van der Waals surface area contributed by atoms with Gasteiger partial charge in [-0.1, -0.05) is 135 Å². The van der Waals surface area contributed by atoms with Crippen LogP contribution in [0, 0.1) is 5.92 Å². The molecule has 2 amide bonds. The van der Waals surface area contributed by atoms with E-state index < -0.39 is 24.0 Å². The van der Waals surface area contributed by atoms with E-state index in [4.69, 9.17) is 9.47 Å². The Morgan fingerprint density at radius 3 is 1.88 bits per heavy atom. The lowest BCUT2D eigenvalue weighted by molar-refractivity contribution is -0.147. The van der Waals surface area contributed by atoms with Crippen LogP contribution in [-0.2, 0) is 38.7 Å². The fourth-order valence-electron chi connectivity index (χ4n) is 5.45. The first-order chi connectivity index (χ1) is 23.3. The fourth-order valence-corrected chi connectivity index (χ4v) is 5.45. The van der Waals surface area contributed by atoms with Gasteiger partial charge in [-0.15, -0.1) is 0 Å². The van der Waals surface area contributed by atoms with Crippen LogP contribution in [-0.4, -0.2) is 42.0 Å². The van der Waals surface area contributed by atoms with Crippen molar-refractivity contribution in [3.63, 3.8) is 0 Å². The quantitative estimate of drug-likeness (QED) is 0.124. The summed E-state index contributed by atoms with van der Waals surface area (Å²) in [6, 6.07) is 40.1. The summed E-state index contributed by atoms with van der Waals surface area (Å²) in [5.41, 5.74) is 4.77. The Bertz CT molecular complexity index is 1790. The average Bonchev–Trinajstić information content (AvgIpc) is 3.12. The Kier molecular flexibility index (Phi) is 12.0. The van der Waals surface area contributed by atoms with Crippen LogP contribution >= 0.6 is 0 Å². The van der Waals surface area contributed by atoms with E-state index >= 15 is 0 Å². The monoisotopic (exact) mass is 642 g/mol. The number of hydrogen-bond donors (Lipinski definition) is 1. The molecule has 0 bridgehead atoms. The number of nitrogens with one attached hydrogen (secondary N) is 1. The van der Waals surface area contributed by atoms with Gasteiger partial charge < -0.3 is 19.7 Å². The topological polar surface area (TPSA) is 84.9 Å². The highest BCUT2D eigenvalue weighted by molar-refractivity contribution is 5.87. The largest absolute Gasteiger partial charge is 0.461 e. The number of fused-ring (bicyclic) bond motifs is 1. The van der Waals surface area contributed by atoms with Gasteiger partial charge >= 0.3 is 18.0 Å². The number of rotatable bonds is 14. The number of esters is 2. The minimum atomic E-state index is -0.938. The second kappa shape index (κ2) is 16.9. The lowest BCUT2D eigenvalue weighted by Gasteiger charge is -2.27. The molecule has 48 heavy (non-hydrogen) atoms. The van der Waals surface area contributed by atoms with E-state index in [1.807, 2.05) is 111 Å². The molecule has 0 unspecified atom stereocenters. The van der Waals surface area contributed by atoms with Gasteiger partial charge in [0.1, 0.15) is 19.3 Å². The minimum Gasteiger partial charge on any atom is -0.461 e. The van der Waals surface area contributed by atoms with E-state index in [9.17, 15) is 14.4 Å². The number of urea groups is 1. The third kappa shape index (κ3) is 10.0. The van der Waals surface area contributed by atoms with Gasteiger partial charge in [0.05, 0.1) is 6.42 Å². The van der Waals surface area contributed by atoms with Crippen molar-refractivity contribution in [3.05, 3.63) is 144 Å². The molecular weight excluding hydrogens is 600 g/mol. The smallest absolute Gasteiger partial charge is 0.329 e. The molecule has 0 aromatic heterocycles. The van der Waals surface area contributed by atoms with Crippen molar-refractivity contribution in [1.29, 1.82) is 0 Å². The third-order valence-electron chi connectivity index (χ3n) is 7.98. The number of carbonyl (C=O) groups is 3. The van der Waals surface area contributed by atoms with Gasteiger partial charge in [-0.3, -0.25) is 4.79 Å². The summed E-state index contributed by atoms with van der Waals surface area (Å²) in [6.45, 7) is 4.82. The van der Waals surface area contributed by atoms with Crippen molar-refractivity contribution in [2.45, 2.75) is 45.9 Å². The zero-order chi connectivity index (χ0) is 33.7. The Balaban J connectivity index is 1.27. The molecule has 5 aromatic rings. The molecule has 0 heterocycles. The average molecular weight is 643 g/mol. The number of carbonyl (C=O) groups excluding carboxylic acids is 3. The van der Waals surface area contributed by atoms with Gasteiger partial charge in [0.25, 0.3) is 0 Å². The molecule has 5 aromatic carbocycles. The lowest BCUT2D eigenvalue weighted by Crippen LogP contribution is -2.50. The molecular formula is C41H42N2O5. The first-order valence-electron chi connectivity index (χ1n) is 16.4. The molecule has 246 valence electrons. The second-order valence-electron chi connectivity index (χ2n) is 12.3. The summed E-state index contributed by atoms with van der Waals surface area (Å²) >= 11 is 0. The van der Waals surface area contributed by atoms with Crippen molar-refractivity contribution in [2.24, 2.45) is 5.92 Å². The van der Waals surface area contributed by atoms with Crippen LogP contribution in [0.4, 0.5) is 4.79 Å². The van der Waals surface area contributed by atoms with Crippen LogP contribution in [0.25, 0.3) is 21.9 Å². The Labute approximate surface area is 282 Å². The van der Waals surface area contributed by atoms with Crippen LogP contribution in [0.5, 0.6) is 0 Å². The highest BCUT2D eigenvalue weighted by atomic mass is 16.5. The molecule has 0 aliphatic carbocycles. The normalized spacial score (nSPS) is 11.6. The molecule has 0 spiro atoms. The van der Waals surface area contributed by atoms with Crippen molar-refractivity contribution in [2.75, 3.05) is 13.1 Å². The highest BCUT2D eigenvalue weighted by Crippen LogP contribution is 2.25.